The van der Waals surface area contributed by atoms with Crippen LogP contribution in [-0.2, 0) is 22.9 Å². The van der Waals surface area contributed by atoms with Crippen LogP contribution in [0.4, 0.5) is 11.4 Å². The number of nitrogens with zero attached hydrogens (tertiary/aromatic N) is 1. The lowest BCUT2D eigenvalue weighted by Gasteiger charge is -2.17. The predicted molar refractivity (Wildman–Crippen MR) is 87.0 cm³/mol. The SMILES string of the molecule is O=[N+]([O-])c1ccc(NS(=O)(=O)c2ccc3c(c2)CCCC3)cc1. The van der Waals surface area contributed by atoms with Gasteiger partial charge in [-0.3, -0.25) is 14.8 Å². The van der Waals surface area contributed by atoms with Gasteiger partial charge in [-0.15, -0.1) is 0 Å². The highest BCUT2D eigenvalue weighted by molar-refractivity contribution is 7.92. The van der Waals surface area contributed by atoms with Crippen molar-refractivity contribution in [3.8, 4) is 0 Å². The summed E-state index contributed by atoms with van der Waals surface area (Å²) in [4.78, 5) is 10.3. The molecule has 0 heterocycles. The number of non-ortho nitro benzene ring substituents is 1. The molecule has 0 bridgehead atoms. The molecule has 0 saturated heterocycles. The van der Waals surface area contributed by atoms with Gasteiger partial charge < -0.3 is 0 Å². The molecule has 1 N–H and O–H groups in total. The fourth-order valence-corrected chi connectivity index (χ4v) is 3.85. The number of hydrogen-bond donors (Lipinski definition) is 1. The van der Waals surface area contributed by atoms with E-state index in [4.69, 9.17) is 0 Å². The topological polar surface area (TPSA) is 89.3 Å². The second-order valence-electron chi connectivity index (χ2n) is 5.55. The molecule has 0 aliphatic heterocycles. The predicted octanol–water partition coefficient (Wildman–Crippen LogP) is 3.27. The van der Waals surface area contributed by atoms with Gasteiger partial charge in [-0.05, 0) is 61.1 Å². The normalized spacial score (nSPS) is 14.1. The minimum atomic E-state index is -3.70. The Kier molecular flexibility index (Phi) is 4.04. The molecule has 3 rings (SSSR count). The molecule has 2 aromatic carbocycles. The molecule has 1 aliphatic rings. The molecular weight excluding hydrogens is 316 g/mol. The molecule has 0 atom stereocenters. The van der Waals surface area contributed by atoms with Crippen LogP contribution in [0, 0.1) is 10.1 Å². The number of hydrogen-bond acceptors (Lipinski definition) is 4. The van der Waals surface area contributed by atoms with Crippen molar-refractivity contribution in [1.82, 2.24) is 0 Å². The number of rotatable bonds is 4. The minimum Gasteiger partial charge on any atom is -0.280 e. The van der Waals surface area contributed by atoms with Crippen molar-refractivity contribution in [2.24, 2.45) is 0 Å². The highest BCUT2D eigenvalue weighted by Crippen LogP contribution is 2.25. The first-order valence-electron chi connectivity index (χ1n) is 7.35. The van der Waals surface area contributed by atoms with Gasteiger partial charge in [0.25, 0.3) is 15.7 Å². The summed E-state index contributed by atoms with van der Waals surface area (Å²) in [6.45, 7) is 0. The van der Waals surface area contributed by atoms with Crippen LogP contribution >= 0.6 is 0 Å². The quantitative estimate of drug-likeness (QED) is 0.687. The molecule has 0 saturated carbocycles. The van der Waals surface area contributed by atoms with Crippen LogP contribution in [0.25, 0.3) is 0 Å². The second kappa shape index (κ2) is 6.00. The minimum absolute atomic E-state index is 0.0817. The van der Waals surface area contributed by atoms with E-state index in [1.165, 1.54) is 29.8 Å². The van der Waals surface area contributed by atoms with Crippen LogP contribution in [0.5, 0.6) is 0 Å². The largest absolute Gasteiger partial charge is 0.280 e. The van der Waals surface area contributed by atoms with Crippen molar-refractivity contribution < 1.29 is 13.3 Å². The van der Waals surface area contributed by atoms with Crippen molar-refractivity contribution in [3.63, 3.8) is 0 Å². The zero-order valence-corrected chi connectivity index (χ0v) is 13.2. The monoisotopic (exact) mass is 332 g/mol. The summed E-state index contributed by atoms with van der Waals surface area (Å²) in [5.74, 6) is 0. The molecule has 0 aromatic heterocycles. The van der Waals surface area contributed by atoms with Gasteiger partial charge in [-0.1, -0.05) is 6.07 Å². The van der Waals surface area contributed by atoms with Crippen molar-refractivity contribution in [2.75, 3.05) is 4.72 Å². The van der Waals surface area contributed by atoms with Crippen LogP contribution in [-0.4, -0.2) is 13.3 Å². The molecule has 1 aliphatic carbocycles. The summed E-state index contributed by atoms with van der Waals surface area (Å²) in [6, 6.07) is 10.5. The lowest BCUT2D eigenvalue weighted by Crippen LogP contribution is -2.14. The number of benzene rings is 2. The van der Waals surface area contributed by atoms with Gasteiger partial charge in [0.05, 0.1) is 9.82 Å². The van der Waals surface area contributed by atoms with Crippen LogP contribution in [0.2, 0.25) is 0 Å². The van der Waals surface area contributed by atoms with Gasteiger partial charge in [0.15, 0.2) is 0 Å². The van der Waals surface area contributed by atoms with Crippen molar-refractivity contribution in [3.05, 3.63) is 63.7 Å². The van der Waals surface area contributed by atoms with Crippen LogP contribution < -0.4 is 4.72 Å². The van der Waals surface area contributed by atoms with E-state index in [-0.39, 0.29) is 10.6 Å². The molecule has 0 unspecified atom stereocenters. The molecule has 23 heavy (non-hydrogen) atoms. The Morgan fingerprint density at radius 3 is 2.26 bits per heavy atom. The van der Waals surface area contributed by atoms with Crippen LogP contribution in [0.1, 0.15) is 24.0 Å². The van der Waals surface area contributed by atoms with Crippen LogP contribution in [0.15, 0.2) is 47.4 Å². The highest BCUT2D eigenvalue weighted by atomic mass is 32.2. The maximum absolute atomic E-state index is 12.5. The zero-order chi connectivity index (χ0) is 16.4. The van der Waals surface area contributed by atoms with Crippen molar-refractivity contribution in [1.29, 1.82) is 0 Å². The molecule has 2 aromatic rings. The molecule has 120 valence electrons. The summed E-state index contributed by atoms with van der Waals surface area (Å²) < 4.78 is 27.4. The van der Waals surface area contributed by atoms with Gasteiger partial charge in [0, 0.05) is 17.8 Å². The van der Waals surface area contributed by atoms with Crippen molar-refractivity contribution in [2.45, 2.75) is 30.6 Å². The first-order valence-corrected chi connectivity index (χ1v) is 8.83. The first-order chi connectivity index (χ1) is 11.0. The Hall–Kier alpha value is -2.41. The number of nitro benzene ring substituents is 1. The molecule has 0 radical (unpaired) electrons. The molecule has 0 spiro atoms. The summed E-state index contributed by atoms with van der Waals surface area (Å²) in [7, 11) is -3.70. The Labute approximate surface area is 134 Å². The summed E-state index contributed by atoms with van der Waals surface area (Å²) in [5.41, 5.74) is 2.52. The molecular formula is C16H16N2O4S. The Morgan fingerprint density at radius 2 is 1.61 bits per heavy atom. The van der Waals surface area contributed by atoms with E-state index in [1.807, 2.05) is 6.07 Å². The fraction of sp³-hybridized carbons (Fsp3) is 0.250. The third kappa shape index (κ3) is 3.34. The number of fused-ring (bicyclic) bond motifs is 1. The van der Waals surface area contributed by atoms with Crippen molar-refractivity contribution >= 4 is 21.4 Å². The molecule has 7 heteroatoms. The van der Waals surface area contributed by atoms with Gasteiger partial charge >= 0.3 is 0 Å². The maximum Gasteiger partial charge on any atom is 0.269 e. The van der Waals surface area contributed by atoms with Gasteiger partial charge in [-0.25, -0.2) is 8.42 Å². The molecule has 6 nitrogen and oxygen atoms in total. The molecule has 0 amide bonds. The summed E-state index contributed by atoms with van der Waals surface area (Å²) >= 11 is 0. The average Bonchev–Trinajstić information content (AvgIpc) is 2.54. The first kappa shape index (κ1) is 15.5. The number of anilines is 1. The van der Waals surface area contributed by atoms with Gasteiger partial charge in [0.1, 0.15) is 0 Å². The highest BCUT2D eigenvalue weighted by Gasteiger charge is 2.18. The van der Waals surface area contributed by atoms with Crippen LogP contribution in [0.3, 0.4) is 0 Å². The lowest BCUT2D eigenvalue weighted by molar-refractivity contribution is -0.384. The summed E-state index contributed by atoms with van der Waals surface area (Å²) in [6.07, 6.45) is 4.11. The Bertz CT molecular complexity index is 845. The third-order valence-electron chi connectivity index (χ3n) is 3.96. The molecule has 0 fully saturated rings. The van der Waals surface area contributed by atoms with Gasteiger partial charge in [-0.2, -0.15) is 0 Å². The number of nitro groups is 1. The Balaban J connectivity index is 1.85. The smallest absolute Gasteiger partial charge is 0.269 e. The zero-order valence-electron chi connectivity index (χ0n) is 12.4. The van der Waals surface area contributed by atoms with E-state index in [0.717, 1.165) is 31.2 Å². The van der Waals surface area contributed by atoms with E-state index in [1.54, 1.807) is 12.1 Å². The van der Waals surface area contributed by atoms with E-state index in [2.05, 4.69) is 4.72 Å². The van der Waals surface area contributed by atoms with Gasteiger partial charge in [0.2, 0.25) is 0 Å². The van der Waals surface area contributed by atoms with E-state index in [9.17, 15) is 18.5 Å². The fourth-order valence-electron chi connectivity index (χ4n) is 2.74. The second-order valence-corrected chi connectivity index (χ2v) is 7.23. The Morgan fingerprint density at radius 1 is 0.957 bits per heavy atom. The summed E-state index contributed by atoms with van der Waals surface area (Å²) in [5, 5.41) is 10.6. The lowest BCUT2D eigenvalue weighted by atomic mass is 9.92. The number of nitrogens with one attached hydrogen (secondary N) is 1. The number of aryl methyl sites for hydroxylation is 2. The maximum atomic E-state index is 12.5. The van der Waals surface area contributed by atoms with E-state index in [0.29, 0.717) is 5.69 Å². The third-order valence-corrected chi connectivity index (χ3v) is 5.34. The van der Waals surface area contributed by atoms with E-state index >= 15 is 0 Å². The standard InChI is InChI=1S/C16H16N2O4S/c19-18(20)15-8-6-14(7-9-15)17-23(21,22)16-10-5-12-3-1-2-4-13(12)11-16/h5-11,17H,1-4H2. The number of sulfonamides is 1. The van der Waals surface area contributed by atoms with E-state index < -0.39 is 14.9 Å². The average molecular weight is 332 g/mol.